The first-order chi connectivity index (χ1) is 20.7. The largest absolute Gasteiger partial charge is 0.396 e. The summed E-state index contributed by atoms with van der Waals surface area (Å²) in [5.41, 5.74) is -0.934. The molecule has 0 saturated carbocycles. The Labute approximate surface area is 265 Å². The molecule has 0 aromatic heterocycles. The van der Waals surface area contributed by atoms with Crippen LogP contribution in [-0.2, 0) is 4.74 Å². The monoisotopic (exact) mass is 664 g/mol. The smallest absolute Gasteiger partial charge is 0.324 e. The van der Waals surface area contributed by atoms with Gasteiger partial charge in [0, 0.05) is 6.61 Å². The number of ether oxygens (including phenoxy) is 1. The fourth-order valence-electron chi connectivity index (χ4n) is 5.01. The predicted molar refractivity (Wildman–Crippen MR) is 178 cm³/mol. The van der Waals surface area contributed by atoms with E-state index in [1.165, 1.54) is 122 Å². The van der Waals surface area contributed by atoms with Gasteiger partial charge in [0.25, 0.3) is 0 Å². The molecule has 0 aliphatic heterocycles. The second-order valence-corrected chi connectivity index (χ2v) is 12.7. The van der Waals surface area contributed by atoms with Crippen molar-refractivity contribution in [2.45, 2.75) is 168 Å². The Balaban J connectivity index is -0.00000176. The van der Waals surface area contributed by atoms with Gasteiger partial charge in [0.05, 0.1) is 31.3 Å². The van der Waals surface area contributed by atoms with Crippen molar-refractivity contribution in [2.24, 2.45) is 5.41 Å². The molecule has 12 heteroatoms. The highest BCUT2D eigenvalue weighted by molar-refractivity contribution is 7.38. The normalized spacial score (nSPS) is 12.2. The Kier molecular flexibility index (Phi) is 43.0. The molecule has 9 N–H and O–H groups in total. The van der Waals surface area contributed by atoms with Crippen LogP contribution in [0.1, 0.15) is 162 Å². The minimum Gasteiger partial charge on any atom is -0.396 e. The molecular formula is C31H70O10P2. The third-order valence-electron chi connectivity index (χ3n) is 7.76. The summed E-state index contributed by atoms with van der Waals surface area (Å²) in [6, 6.07) is 0. The summed E-state index contributed by atoms with van der Waals surface area (Å²) >= 11 is 0. The molecule has 0 amide bonds. The minimum absolute atomic E-state index is 0.235. The molecule has 0 saturated heterocycles. The van der Waals surface area contributed by atoms with Gasteiger partial charge in [0.1, 0.15) is 0 Å². The summed E-state index contributed by atoms with van der Waals surface area (Å²) in [6.45, 7) is 4.48. The summed E-state index contributed by atoms with van der Waals surface area (Å²) < 4.78 is 6.17. The Hall–Kier alpha value is 0.460. The standard InChI is InChI=1S/C31H64O4.2H3O3P/c1-3-5-7-9-11-13-15-17-19-21-23-25-30(31(27-32,28-33)29-34)35-26-24-22-20-18-16-14-12-10-8-6-4-2;2*1-4(2)3/h30,32-34H,3-29H2,1-2H3;2*1-3H. The topological polar surface area (TPSA) is 191 Å². The third-order valence-corrected chi connectivity index (χ3v) is 7.76. The number of hydrogen-bond donors (Lipinski definition) is 9. The molecule has 43 heavy (non-hydrogen) atoms. The lowest BCUT2D eigenvalue weighted by atomic mass is 9.81. The van der Waals surface area contributed by atoms with Gasteiger partial charge >= 0.3 is 17.2 Å². The lowest BCUT2D eigenvalue weighted by Crippen LogP contribution is -2.46. The van der Waals surface area contributed by atoms with Crippen molar-refractivity contribution >= 4 is 17.2 Å². The molecule has 0 radical (unpaired) electrons. The average molecular weight is 665 g/mol. The van der Waals surface area contributed by atoms with E-state index in [4.69, 9.17) is 34.1 Å². The highest BCUT2D eigenvalue weighted by Gasteiger charge is 2.38. The quantitative estimate of drug-likeness (QED) is 0.0306. The average Bonchev–Trinajstić information content (AvgIpc) is 2.96. The fourth-order valence-corrected chi connectivity index (χ4v) is 5.01. The zero-order valence-corrected chi connectivity index (χ0v) is 29.3. The summed E-state index contributed by atoms with van der Waals surface area (Å²) in [7, 11) is -5.24. The van der Waals surface area contributed by atoms with E-state index in [1.54, 1.807) is 0 Å². The van der Waals surface area contributed by atoms with Gasteiger partial charge < -0.3 is 49.4 Å². The van der Waals surface area contributed by atoms with Gasteiger partial charge in [-0.2, -0.15) is 0 Å². The van der Waals surface area contributed by atoms with Crippen LogP contribution in [0.15, 0.2) is 0 Å². The van der Waals surface area contributed by atoms with Crippen molar-refractivity contribution < 1.29 is 49.4 Å². The van der Waals surface area contributed by atoms with Gasteiger partial charge in [0.2, 0.25) is 0 Å². The maximum Gasteiger partial charge on any atom is 0.324 e. The highest BCUT2D eigenvalue weighted by Crippen LogP contribution is 2.28. The second kappa shape index (κ2) is 38.6. The van der Waals surface area contributed by atoms with Gasteiger partial charge in [-0.05, 0) is 12.8 Å². The lowest BCUT2D eigenvalue weighted by molar-refractivity contribution is -0.117. The molecule has 0 aromatic rings. The predicted octanol–water partition coefficient (Wildman–Crippen LogP) is 6.73. The van der Waals surface area contributed by atoms with Crippen molar-refractivity contribution in [3.63, 3.8) is 0 Å². The van der Waals surface area contributed by atoms with Gasteiger partial charge in [-0.3, -0.25) is 0 Å². The van der Waals surface area contributed by atoms with E-state index in [0.717, 1.165) is 25.7 Å². The molecule has 0 aliphatic carbocycles. The van der Waals surface area contributed by atoms with Crippen molar-refractivity contribution in [3.05, 3.63) is 0 Å². The van der Waals surface area contributed by atoms with Crippen LogP contribution in [0.5, 0.6) is 0 Å². The van der Waals surface area contributed by atoms with Crippen LogP contribution in [-0.4, -0.2) is 77.2 Å². The number of aliphatic hydroxyl groups is 3. The zero-order chi connectivity index (χ0) is 33.0. The first-order valence-electron chi connectivity index (χ1n) is 16.8. The molecule has 0 aliphatic rings. The highest BCUT2D eigenvalue weighted by atomic mass is 31.2. The van der Waals surface area contributed by atoms with Crippen LogP contribution in [0.2, 0.25) is 0 Å². The molecule has 0 aromatic carbocycles. The summed E-state index contributed by atoms with van der Waals surface area (Å²) in [5, 5.41) is 29.7. The van der Waals surface area contributed by atoms with E-state index >= 15 is 0 Å². The van der Waals surface area contributed by atoms with Crippen LogP contribution < -0.4 is 0 Å². The van der Waals surface area contributed by atoms with Gasteiger partial charge in [-0.25, -0.2) is 0 Å². The van der Waals surface area contributed by atoms with Gasteiger partial charge in [0.15, 0.2) is 0 Å². The summed E-state index contributed by atoms with van der Waals surface area (Å²) in [4.78, 5) is 43.4. The van der Waals surface area contributed by atoms with Crippen molar-refractivity contribution in [1.82, 2.24) is 0 Å². The van der Waals surface area contributed by atoms with E-state index < -0.39 is 22.6 Å². The van der Waals surface area contributed by atoms with Gasteiger partial charge in [-0.15, -0.1) is 0 Å². The number of unbranched alkanes of at least 4 members (excludes halogenated alkanes) is 20. The molecule has 0 bridgehead atoms. The van der Waals surface area contributed by atoms with Crippen molar-refractivity contribution in [2.75, 3.05) is 26.4 Å². The Bertz CT molecular complexity index is 481. The van der Waals surface area contributed by atoms with Crippen LogP contribution in [0.3, 0.4) is 0 Å². The zero-order valence-electron chi connectivity index (χ0n) is 27.5. The molecule has 10 nitrogen and oxygen atoms in total. The van der Waals surface area contributed by atoms with E-state index in [1.807, 2.05) is 0 Å². The fraction of sp³-hybridized carbons (Fsp3) is 1.00. The van der Waals surface area contributed by atoms with Crippen molar-refractivity contribution in [1.29, 1.82) is 0 Å². The number of hydrogen-bond acceptors (Lipinski definition) is 10. The molecule has 264 valence electrons. The Morgan fingerprint density at radius 2 is 0.698 bits per heavy atom. The van der Waals surface area contributed by atoms with Gasteiger partial charge in [-0.1, -0.05) is 149 Å². The maximum atomic E-state index is 9.92. The van der Waals surface area contributed by atoms with Crippen molar-refractivity contribution in [3.8, 4) is 0 Å². The van der Waals surface area contributed by atoms with Crippen LogP contribution in [0, 0.1) is 5.41 Å². The third kappa shape index (κ3) is 38.6. The van der Waals surface area contributed by atoms with Crippen LogP contribution in [0.4, 0.5) is 0 Å². The molecular weight excluding hydrogens is 594 g/mol. The first kappa shape index (κ1) is 47.9. The molecule has 1 atom stereocenters. The molecule has 0 fully saturated rings. The minimum atomic E-state index is -2.62. The molecule has 0 rings (SSSR count). The van der Waals surface area contributed by atoms with E-state index in [2.05, 4.69) is 13.8 Å². The van der Waals surface area contributed by atoms with Crippen LogP contribution >= 0.6 is 17.2 Å². The van der Waals surface area contributed by atoms with E-state index in [0.29, 0.717) is 6.61 Å². The maximum absolute atomic E-state index is 9.92. The molecule has 0 spiro atoms. The molecule has 1 unspecified atom stereocenters. The summed E-state index contributed by atoms with van der Waals surface area (Å²) in [5.74, 6) is 0. The molecule has 0 heterocycles. The lowest BCUT2D eigenvalue weighted by Gasteiger charge is -2.36. The summed E-state index contributed by atoms with van der Waals surface area (Å²) in [6.07, 6.45) is 29.1. The van der Waals surface area contributed by atoms with E-state index in [9.17, 15) is 15.3 Å². The Morgan fingerprint density at radius 1 is 0.442 bits per heavy atom. The van der Waals surface area contributed by atoms with E-state index in [-0.39, 0.29) is 25.9 Å². The van der Waals surface area contributed by atoms with Crippen LogP contribution in [0.25, 0.3) is 0 Å². The number of aliphatic hydroxyl groups excluding tert-OH is 3. The number of rotatable bonds is 29. The SMILES string of the molecule is CCCCCCCCCCCCCOC(CCCCCCCCCCCCC)C(CO)(CO)CO.OP(O)O.OP(O)O. The second-order valence-electron chi connectivity index (χ2n) is 11.6. The Morgan fingerprint density at radius 3 is 0.977 bits per heavy atom. The first-order valence-corrected chi connectivity index (χ1v) is 19.2.